The van der Waals surface area contributed by atoms with Crippen LogP contribution in [0.5, 0.6) is 0 Å². The van der Waals surface area contributed by atoms with Gasteiger partial charge in [-0.1, -0.05) is 12.2 Å². The van der Waals surface area contributed by atoms with Crippen LogP contribution in [0, 0.1) is 17.8 Å². The van der Waals surface area contributed by atoms with Crippen molar-refractivity contribution in [2.24, 2.45) is 17.8 Å². The van der Waals surface area contributed by atoms with Gasteiger partial charge in [0.1, 0.15) is 0 Å². The normalized spacial score (nSPS) is 24.2. The van der Waals surface area contributed by atoms with E-state index < -0.39 is 0 Å². The van der Waals surface area contributed by atoms with E-state index in [9.17, 15) is 4.79 Å². The molecule has 1 N–H and O–H groups in total. The number of methoxy groups -OCH3 is 1. The van der Waals surface area contributed by atoms with Crippen LogP contribution < -0.4 is 10.2 Å². The van der Waals surface area contributed by atoms with Crippen molar-refractivity contribution < 1.29 is 9.53 Å². The molecule has 4 aliphatic rings. The largest absolute Gasteiger partial charge is 0.465 e. The number of ether oxygens (including phenoxy) is 1. The summed E-state index contributed by atoms with van der Waals surface area (Å²) in [6, 6.07) is 6.64. The van der Waals surface area contributed by atoms with Crippen LogP contribution in [0.15, 0.2) is 41.6 Å². The second-order valence-corrected chi connectivity index (χ2v) is 8.53. The third-order valence-corrected chi connectivity index (χ3v) is 6.42. The maximum absolute atomic E-state index is 12.3. The molecule has 4 heteroatoms. The molecule has 3 aliphatic carbocycles. The fourth-order valence-electron chi connectivity index (χ4n) is 4.50. The van der Waals surface area contributed by atoms with Crippen LogP contribution in [-0.2, 0) is 16.0 Å². The standard InChI is InChI=1S/C23H28N2O2/c1-27-23(26)20-13-17(16-4-5-16)6-8-21(20)24-19-7-9-22-18(12-19)10-11-25(22)14-15-2-3-15/h7-9,12-13,15-17,24H,2-6,10-11,14H2,1H3. The summed E-state index contributed by atoms with van der Waals surface area (Å²) in [6.45, 7) is 2.34. The van der Waals surface area contributed by atoms with E-state index in [1.54, 1.807) is 0 Å². The summed E-state index contributed by atoms with van der Waals surface area (Å²) in [5.41, 5.74) is 5.45. The van der Waals surface area contributed by atoms with E-state index in [1.807, 2.05) is 0 Å². The fourth-order valence-corrected chi connectivity index (χ4v) is 4.50. The number of rotatable bonds is 6. The number of nitrogens with one attached hydrogen (secondary N) is 1. The molecule has 1 atom stereocenters. The molecule has 0 bridgehead atoms. The van der Waals surface area contributed by atoms with E-state index in [1.165, 1.54) is 50.6 Å². The van der Waals surface area contributed by atoms with Gasteiger partial charge in [-0.05, 0) is 80.0 Å². The van der Waals surface area contributed by atoms with E-state index in [-0.39, 0.29) is 5.97 Å². The number of esters is 1. The second-order valence-electron chi connectivity index (χ2n) is 8.53. The Hall–Kier alpha value is -2.23. The molecule has 0 saturated heterocycles. The Morgan fingerprint density at radius 3 is 2.85 bits per heavy atom. The third kappa shape index (κ3) is 3.50. The molecule has 142 valence electrons. The summed E-state index contributed by atoms with van der Waals surface area (Å²) in [6.07, 6.45) is 11.8. The molecule has 0 spiro atoms. The van der Waals surface area contributed by atoms with Gasteiger partial charge in [0, 0.05) is 30.2 Å². The van der Waals surface area contributed by atoms with Gasteiger partial charge >= 0.3 is 5.97 Å². The van der Waals surface area contributed by atoms with Gasteiger partial charge in [0.2, 0.25) is 0 Å². The summed E-state index contributed by atoms with van der Waals surface area (Å²) in [4.78, 5) is 14.9. The summed E-state index contributed by atoms with van der Waals surface area (Å²) in [7, 11) is 1.46. The molecule has 27 heavy (non-hydrogen) atoms. The van der Waals surface area contributed by atoms with Crippen molar-refractivity contribution in [3.8, 4) is 0 Å². The minimum atomic E-state index is -0.240. The number of fused-ring (bicyclic) bond motifs is 1. The summed E-state index contributed by atoms with van der Waals surface area (Å²) in [5, 5.41) is 3.50. The fraction of sp³-hybridized carbons (Fsp3) is 0.522. The molecule has 4 nitrogen and oxygen atoms in total. The van der Waals surface area contributed by atoms with Gasteiger partial charge in [-0.3, -0.25) is 0 Å². The highest BCUT2D eigenvalue weighted by molar-refractivity contribution is 5.94. The highest BCUT2D eigenvalue weighted by Crippen LogP contribution is 2.43. The zero-order valence-corrected chi connectivity index (χ0v) is 16.0. The smallest absolute Gasteiger partial charge is 0.339 e. The zero-order chi connectivity index (χ0) is 18.4. The molecule has 0 aromatic heterocycles. The van der Waals surface area contributed by atoms with Crippen molar-refractivity contribution in [2.75, 3.05) is 30.4 Å². The molecule has 1 unspecified atom stereocenters. The van der Waals surface area contributed by atoms with E-state index in [2.05, 4.69) is 40.6 Å². The number of hydrogen-bond donors (Lipinski definition) is 1. The molecular formula is C23H28N2O2. The van der Waals surface area contributed by atoms with Crippen molar-refractivity contribution >= 4 is 17.3 Å². The Morgan fingerprint density at radius 2 is 2.11 bits per heavy atom. The molecule has 1 aromatic carbocycles. The molecular weight excluding hydrogens is 336 g/mol. The Balaban J connectivity index is 1.33. The number of anilines is 2. The van der Waals surface area contributed by atoms with Crippen LogP contribution in [0.2, 0.25) is 0 Å². The lowest BCUT2D eigenvalue weighted by Gasteiger charge is -2.22. The predicted molar refractivity (Wildman–Crippen MR) is 108 cm³/mol. The van der Waals surface area contributed by atoms with Gasteiger partial charge < -0.3 is 15.0 Å². The molecule has 5 rings (SSSR count). The van der Waals surface area contributed by atoms with Gasteiger partial charge in [0.15, 0.2) is 0 Å². The Bertz CT molecular complexity index is 818. The van der Waals surface area contributed by atoms with Gasteiger partial charge in [0.05, 0.1) is 12.7 Å². The molecule has 1 heterocycles. The first-order valence-corrected chi connectivity index (χ1v) is 10.4. The lowest BCUT2D eigenvalue weighted by Crippen LogP contribution is -2.22. The average Bonchev–Trinajstić information content (AvgIpc) is 3.60. The highest BCUT2D eigenvalue weighted by Gasteiger charge is 2.33. The monoisotopic (exact) mass is 364 g/mol. The van der Waals surface area contributed by atoms with Crippen molar-refractivity contribution in [3.05, 3.63) is 47.2 Å². The van der Waals surface area contributed by atoms with Crippen LogP contribution >= 0.6 is 0 Å². The summed E-state index contributed by atoms with van der Waals surface area (Å²) >= 11 is 0. The molecule has 0 radical (unpaired) electrons. The van der Waals surface area contributed by atoms with Crippen LogP contribution in [0.3, 0.4) is 0 Å². The van der Waals surface area contributed by atoms with Crippen LogP contribution in [-0.4, -0.2) is 26.2 Å². The predicted octanol–water partition coefficient (Wildman–Crippen LogP) is 4.28. The number of hydrogen-bond acceptors (Lipinski definition) is 4. The molecule has 2 fully saturated rings. The first-order chi connectivity index (χ1) is 13.2. The molecule has 1 aliphatic heterocycles. The number of carbonyl (C=O) groups excluding carboxylic acids is 1. The Morgan fingerprint density at radius 1 is 1.26 bits per heavy atom. The third-order valence-electron chi connectivity index (χ3n) is 6.42. The maximum atomic E-state index is 12.3. The topological polar surface area (TPSA) is 41.6 Å². The van der Waals surface area contributed by atoms with E-state index >= 15 is 0 Å². The van der Waals surface area contributed by atoms with Gasteiger partial charge in [-0.25, -0.2) is 4.79 Å². The van der Waals surface area contributed by atoms with Crippen LogP contribution in [0.25, 0.3) is 0 Å². The van der Waals surface area contributed by atoms with Crippen LogP contribution in [0.1, 0.15) is 37.7 Å². The SMILES string of the molecule is COC(=O)C1=CC(C2CC2)CC=C1Nc1ccc2c(c1)CCN2CC1CC1. The number of carbonyl (C=O) groups is 1. The minimum Gasteiger partial charge on any atom is -0.465 e. The van der Waals surface area contributed by atoms with Crippen molar-refractivity contribution in [1.82, 2.24) is 0 Å². The zero-order valence-electron chi connectivity index (χ0n) is 16.0. The van der Waals surface area contributed by atoms with E-state index in [0.717, 1.165) is 42.6 Å². The summed E-state index contributed by atoms with van der Waals surface area (Å²) < 4.78 is 5.04. The van der Waals surface area contributed by atoms with Crippen molar-refractivity contribution in [3.63, 3.8) is 0 Å². The first-order valence-electron chi connectivity index (χ1n) is 10.4. The summed E-state index contributed by atoms with van der Waals surface area (Å²) in [5.74, 6) is 1.91. The van der Waals surface area contributed by atoms with Crippen molar-refractivity contribution in [1.29, 1.82) is 0 Å². The van der Waals surface area contributed by atoms with Gasteiger partial charge in [-0.15, -0.1) is 0 Å². The number of allylic oxidation sites excluding steroid dienone is 2. The number of benzene rings is 1. The lowest BCUT2D eigenvalue weighted by atomic mass is 9.90. The van der Waals surface area contributed by atoms with E-state index in [0.29, 0.717) is 11.5 Å². The molecule has 1 aromatic rings. The second kappa shape index (κ2) is 6.74. The maximum Gasteiger partial charge on any atom is 0.339 e. The highest BCUT2D eigenvalue weighted by atomic mass is 16.5. The van der Waals surface area contributed by atoms with Crippen LogP contribution in [0.4, 0.5) is 11.4 Å². The molecule has 2 saturated carbocycles. The Kier molecular flexibility index (Phi) is 4.22. The first kappa shape index (κ1) is 16.9. The van der Waals surface area contributed by atoms with Gasteiger partial charge in [-0.2, -0.15) is 0 Å². The molecule has 0 amide bonds. The van der Waals surface area contributed by atoms with Gasteiger partial charge in [0.25, 0.3) is 0 Å². The minimum absolute atomic E-state index is 0.240. The van der Waals surface area contributed by atoms with E-state index in [4.69, 9.17) is 4.74 Å². The number of nitrogens with zero attached hydrogens (tertiary/aromatic N) is 1. The average molecular weight is 364 g/mol. The lowest BCUT2D eigenvalue weighted by molar-refractivity contribution is -0.135. The quantitative estimate of drug-likeness (QED) is 0.765. The van der Waals surface area contributed by atoms with Crippen molar-refractivity contribution in [2.45, 2.75) is 38.5 Å². The Labute approximate surface area is 161 Å².